The van der Waals surface area contributed by atoms with Gasteiger partial charge in [-0.15, -0.1) is 0 Å². The monoisotopic (exact) mass is 420 g/mol. The van der Waals surface area contributed by atoms with Gasteiger partial charge in [0.25, 0.3) is 5.91 Å². The van der Waals surface area contributed by atoms with Crippen LogP contribution < -0.4 is 10.6 Å². The summed E-state index contributed by atoms with van der Waals surface area (Å²) in [5.74, 6) is -0.231. The normalized spacial score (nSPS) is 11.0. The van der Waals surface area contributed by atoms with Crippen LogP contribution in [0.1, 0.15) is 35.5 Å². The van der Waals surface area contributed by atoms with Gasteiger partial charge in [-0.3, -0.25) is 14.5 Å². The number of benzene rings is 2. The van der Waals surface area contributed by atoms with E-state index in [1.54, 1.807) is 6.07 Å². The van der Waals surface area contributed by atoms with Gasteiger partial charge in [-0.1, -0.05) is 59.8 Å². The summed E-state index contributed by atoms with van der Waals surface area (Å²) in [4.78, 5) is 26.8. The number of carbonyl (C=O) groups is 2. The Morgan fingerprint density at radius 3 is 2.39 bits per heavy atom. The molecule has 3 rings (SSSR count). The van der Waals surface area contributed by atoms with Gasteiger partial charge in [0.2, 0.25) is 5.91 Å². The molecule has 0 fully saturated rings. The van der Waals surface area contributed by atoms with Crippen LogP contribution >= 0.6 is 0 Å². The second-order valence-electron chi connectivity index (χ2n) is 7.68. The van der Waals surface area contributed by atoms with E-state index in [0.717, 1.165) is 17.7 Å². The van der Waals surface area contributed by atoms with Gasteiger partial charge in [0.1, 0.15) is 0 Å². The maximum absolute atomic E-state index is 12.3. The Morgan fingerprint density at radius 1 is 1.00 bits per heavy atom. The summed E-state index contributed by atoms with van der Waals surface area (Å²) in [6, 6.07) is 19.4. The number of amides is 2. The fourth-order valence-corrected chi connectivity index (χ4v) is 2.96. The van der Waals surface area contributed by atoms with E-state index in [9.17, 15) is 9.59 Å². The molecule has 0 radical (unpaired) electrons. The first-order valence-corrected chi connectivity index (χ1v) is 10.3. The Kier molecular flexibility index (Phi) is 7.56. The van der Waals surface area contributed by atoms with Gasteiger partial charge in [0, 0.05) is 30.8 Å². The summed E-state index contributed by atoms with van der Waals surface area (Å²) in [6.45, 7) is 5.35. The lowest BCUT2D eigenvalue weighted by Gasteiger charge is -2.22. The predicted octanol–water partition coefficient (Wildman–Crippen LogP) is 3.23. The lowest BCUT2D eigenvalue weighted by Crippen LogP contribution is -2.37. The highest BCUT2D eigenvalue weighted by molar-refractivity contribution is 5.95. The molecule has 2 aromatic carbocycles. The van der Waals surface area contributed by atoms with E-state index in [4.69, 9.17) is 4.52 Å². The van der Waals surface area contributed by atoms with Crippen LogP contribution in [0, 0.1) is 0 Å². The van der Waals surface area contributed by atoms with Crippen molar-refractivity contribution in [2.24, 2.45) is 0 Å². The number of hydrogen-bond donors (Lipinski definition) is 2. The van der Waals surface area contributed by atoms with Crippen molar-refractivity contribution in [3.63, 3.8) is 0 Å². The SMILES string of the molecule is CC(C)N(C)Cc1ccccc1CNC(=O)CNC(=O)c1cc(-c2ccccc2)on1. The first-order chi connectivity index (χ1) is 14.9. The van der Waals surface area contributed by atoms with Gasteiger partial charge in [-0.2, -0.15) is 0 Å². The van der Waals surface area contributed by atoms with Crippen LogP contribution in [0.5, 0.6) is 0 Å². The number of aromatic nitrogens is 1. The summed E-state index contributed by atoms with van der Waals surface area (Å²) in [7, 11) is 2.07. The molecule has 3 aromatic rings. The van der Waals surface area contributed by atoms with Crippen LogP contribution in [0.2, 0.25) is 0 Å². The van der Waals surface area contributed by atoms with Crippen molar-refractivity contribution >= 4 is 11.8 Å². The largest absolute Gasteiger partial charge is 0.355 e. The molecule has 1 heterocycles. The highest BCUT2D eigenvalue weighted by Gasteiger charge is 2.15. The topological polar surface area (TPSA) is 87.5 Å². The number of nitrogens with zero attached hydrogens (tertiary/aromatic N) is 2. The Bertz CT molecular complexity index is 1010. The second-order valence-corrected chi connectivity index (χ2v) is 7.68. The van der Waals surface area contributed by atoms with E-state index in [0.29, 0.717) is 18.3 Å². The van der Waals surface area contributed by atoms with Crippen molar-refractivity contribution in [3.8, 4) is 11.3 Å². The zero-order valence-corrected chi connectivity index (χ0v) is 18.1. The lowest BCUT2D eigenvalue weighted by molar-refractivity contribution is -0.120. The van der Waals surface area contributed by atoms with Crippen molar-refractivity contribution in [1.29, 1.82) is 0 Å². The van der Waals surface area contributed by atoms with Gasteiger partial charge < -0.3 is 15.2 Å². The highest BCUT2D eigenvalue weighted by atomic mass is 16.5. The van der Waals surface area contributed by atoms with Crippen LogP contribution in [-0.2, 0) is 17.9 Å². The molecule has 0 saturated heterocycles. The average Bonchev–Trinajstić information content (AvgIpc) is 3.28. The predicted molar refractivity (Wildman–Crippen MR) is 119 cm³/mol. The summed E-state index contributed by atoms with van der Waals surface area (Å²) in [5.41, 5.74) is 3.18. The minimum absolute atomic E-state index is 0.133. The van der Waals surface area contributed by atoms with Crippen LogP contribution in [0.4, 0.5) is 0 Å². The molecule has 2 amide bonds. The van der Waals surface area contributed by atoms with Gasteiger partial charge in [-0.05, 0) is 32.0 Å². The van der Waals surface area contributed by atoms with E-state index in [-0.39, 0.29) is 18.1 Å². The van der Waals surface area contributed by atoms with E-state index >= 15 is 0 Å². The first kappa shape index (κ1) is 22.2. The Balaban J connectivity index is 1.50. The Labute approximate surface area is 182 Å². The molecule has 7 nitrogen and oxygen atoms in total. The van der Waals surface area contributed by atoms with Gasteiger partial charge in [0.05, 0.1) is 6.54 Å². The molecule has 2 N–H and O–H groups in total. The number of nitrogens with one attached hydrogen (secondary N) is 2. The summed E-state index contributed by atoms with van der Waals surface area (Å²) in [5, 5.41) is 9.24. The standard InChI is InChI=1S/C24H28N4O3/c1-17(2)28(3)16-20-12-8-7-11-19(20)14-25-23(29)15-26-24(30)21-13-22(31-27-21)18-9-5-4-6-10-18/h4-13,17H,14-16H2,1-3H3,(H,25,29)(H,26,30). The fourth-order valence-electron chi connectivity index (χ4n) is 2.96. The molecular weight excluding hydrogens is 392 g/mol. The minimum Gasteiger partial charge on any atom is -0.355 e. The molecule has 7 heteroatoms. The molecule has 162 valence electrons. The van der Waals surface area contributed by atoms with Crippen molar-refractivity contribution in [3.05, 3.63) is 77.5 Å². The van der Waals surface area contributed by atoms with Crippen molar-refractivity contribution < 1.29 is 14.1 Å². The van der Waals surface area contributed by atoms with E-state index in [1.807, 2.05) is 48.5 Å². The maximum atomic E-state index is 12.3. The molecule has 0 atom stereocenters. The molecule has 0 aliphatic carbocycles. The molecular formula is C24H28N4O3. The molecule has 0 aliphatic heterocycles. The van der Waals surface area contributed by atoms with Crippen molar-refractivity contribution in [2.75, 3.05) is 13.6 Å². The molecule has 0 unspecified atom stereocenters. The van der Waals surface area contributed by atoms with E-state index < -0.39 is 5.91 Å². The molecule has 0 bridgehead atoms. The van der Waals surface area contributed by atoms with E-state index in [1.165, 1.54) is 5.56 Å². The molecule has 1 aromatic heterocycles. The molecule has 0 saturated carbocycles. The van der Waals surface area contributed by atoms with Gasteiger partial charge in [0.15, 0.2) is 11.5 Å². The zero-order valence-electron chi connectivity index (χ0n) is 18.1. The number of hydrogen-bond acceptors (Lipinski definition) is 5. The van der Waals surface area contributed by atoms with Gasteiger partial charge >= 0.3 is 0 Å². The maximum Gasteiger partial charge on any atom is 0.273 e. The third-order valence-corrected chi connectivity index (χ3v) is 5.11. The fraction of sp³-hybridized carbons (Fsp3) is 0.292. The molecule has 0 spiro atoms. The van der Waals surface area contributed by atoms with Crippen LogP contribution in [-0.4, -0.2) is 41.5 Å². The summed E-state index contributed by atoms with van der Waals surface area (Å²) < 4.78 is 5.23. The van der Waals surface area contributed by atoms with Crippen LogP contribution in [0.3, 0.4) is 0 Å². The van der Waals surface area contributed by atoms with E-state index in [2.05, 4.69) is 47.7 Å². The molecule has 31 heavy (non-hydrogen) atoms. The molecule has 0 aliphatic rings. The zero-order chi connectivity index (χ0) is 22.2. The third kappa shape index (κ3) is 6.26. The second kappa shape index (κ2) is 10.5. The highest BCUT2D eigenvalue weighted by Crippen LogP contribution is 2.19. The lowest BCUT2D eigenvalue weighted by atomic mass is 10.1. The smallest absolute Gasteiger partial charge is 0.273 e. The van der Waals surface area contributed by atoms with Crippen molar-refractivity contribution in [1.82, 2.24) is 20.7 Å². The van der Waals surface area contributed by atoms with Crippen LogP contribution in [0.25, 0.3) is 11.3 Å². The average molecular weight is 421 g/mol. The third-order valence-electron chi connectivity index (χ3n) is 5.11. The van der Waals surface area contributed by atoms with Crippen LogP contribution in [0.15, 0.2) is 65.2 Å². The number of rotatable bonds is 9. The summed E-state index contributed by atoms with van der Waals surface area (Å²) >= 11 is 0. The summed E-state index contributed by atoms with van der Waals surface area (Å²) in [6.07, 6.45) is 0. The quantitative estimate of drug-likeness (QED) is 0.555. The Morgan fingerprint density at radius 2 is 1.68 bits per heavy atom. The number of carbonyl (C=O) groups excluding carboxylic acids is 2. The minimum atomic E-state index is -0.458. The Hall–Kier alpha value is -3.45. The van der Waals surface area contributed by atoms with Crippen molar-refractivity contribution in [2.45, 2.75) is 33.0 Å². The van der Waals surface area contributed by atoms with Gasteiger partial charge in [-0.25, -0.2) is 0 Å². The first-order valence-electron chi connectivity index (χ1n) is 10.3.